The second-order valence-corrected chi connectivity index (χ2v) is 14.7. The minimum atomic E-state index is -0.352. The number of allylic oxidation sites excluding steroid dienone is 2. The first-order valence-corrected chi connectivity index (χ1v) is 18.6. The molecule has 9 aromatic rings. The van der Waals surface area contributed by atoms with Gasteiger partial charge in [0.25, 0.3) is 0 Å². The Morgan fingerprint density at radius 3 is 1.74 bits per heavy atom. The molecule has 2 unspecified atom stereocenters. The molecule has 2 aliphatic rings. The maximum absolute atomic E-state index is 6.63. The Labute approximate surface area is 313 Å². The summed E-state index contributed by atoms with van der Waals surface area (Å²) >= 11 is 0. The Bertz CT molecular complexity index is 3030. The van der Waals surface area contributed by atoms with Gasteiger partial charge in [-0.3, -0.25) is 0 Å². The smallest absolute Gasteiger partial charge is 0.135 e. The Morgan fingerprint density at radius 2 is 1.06 bits per heavy atom. The van der Waals surface area contributed by atoms with Crippen molar-refractivity contribution in [2.24, 2.45) is 0 Å². The standard InChI is InChI=1S/C51H34N2O/c1-51-30-7-6-15-45(51)43-14-8-13-40(50(43)54-51)32-16-20-34(21-17-32)46-28-26-36-24-25-37-27-29-47(53-49(37)48(36)52-46)35-22-18-33(19-23-35)44-31-38-9-2-3-10-39(38)41-11-4-5-12-42(41)44/h2-31,45H,1H3. The zero-order chi connectivity index (χ0) is 35.8. The lowest BCUT2D eigenvalue weighted by molar-refractivity contribution is 0.156. The average molecular weight is 691 g/mol. The van der Waals surface area contributed by atoms with E-state index >= 15 is 0 Å². The summed E-state index contributed by atoms with van der Waals surface area (Å²) in [6, 6.07) is 56.4. The number of nitrogens with zero attached hydrogens (tertiary/aromatic N) is 2. The molecule has 0 amide bonds. The van der Waals surface area contributed by atoms with Crippen LogP contribution in [0.5, 0.6) is 5.75 Å². The third-order valence-corrected chi connectivity index (χ3v) is 11.4. The van der Waals surface area contributed by atoms with Crippen molar-refractivity contribution in [3.05, 3.63) is 188 Å². The molecule has 3 heteroatoms. The van der Waals surface area contributed by atoms with Crippen molar-refractivity contribution in [3.8, 4) is 50.5 Å². The van der Waals surface area contributed by atoms with Crippen molar-refractivity contribution >= 4 is 43.4 Å². The molecule has 0 N–H and O–H groups in total. The lowest BCUT2D eigenvalue weighted by atomic mass is 9.82. The highest BCUT2D eigenvalue weighted by atomic mass is 16.5. The Balaban J connectivity index is 0.935. The molecule has 1 aliphatic heterocycles. The number of hydrogen-bond acceptors (Lipinski definition) is 3. The van der Waals surface area contributed by atoms with Gasteiger partial charge in [-0.25, -0.2) is 9.97 Å². The van der Waals surface area contributed by atoms with Gasteiger partial charge in [0.15, 0.2) is 0 Å². The summed E-state index contributed by atoms with van der Waals surface area (Å²) in [5.74, 6) is 1.20. The van der Waals surface area contributed by atoms with E-state index in [1.54, 1.807) is 0 Å². The molecule has 2 aromatic heterocycles. The van der Waals surface area contributed by atoms with Gasteiger partial charge < -0.3 is 4.74 Å². The molecular formula is C51H34N2O. The highest BCUT2D eigenvalue weighted by Gasteiger charge is 2.43. The van der Waals surface area contributed by atoms with Crippen molar-refractivity contribution in [2.45, 2.75) is 18.4 Å². The van der Waals surface area contributed by atoms with Crippen molar-refractivity contribution in [3.63, 3.8) is 0 Å². The molecular weight excluding hydrogens is 657 g/mol. The summed E-state index contributed by atoms with van der Waals surface area (Å²) in [5.41, 5.74) is 11.4. The maximum atomic E-state index is 6.63. The van der Waals surface area contributed by atoms with E-state index in [1.165, 1.54) is 38.2 Å². The van der Waals surface area contributed by atoms with E-state index < -0.39 is 0 Å². The first kappa shape index (κ1) is 30.8. The SMILES string of the molecule is CC12C=CC=CC1c1cccc(-c3ccc(-c4ccc5ccc6ccc(-c7ccc(-c8cc9ccccc9c9ccccc89)cc7)nc6c5n4)cc3)c1O2. The fourth-order valence-electron chi connectivity index (χ4n) is 8.61. The minimum absolute atomic E-state index is 0.220. The van der Waals surface area contributed by atoms with Crippen LogP contribution in [0, 0.1) is 0 Å². The molecule has 54 heavy (non-hydrogen) atoms. The van der Waals surface area contributed by atoms with Crippen LogP contribution in [0.25, 0.3) is 88.1 Å². The summed E-state index contributed by atoms with van der Waals surface area (Å²) in [7, 11) is 0. The van der Waals surface area contributed by atoms with Crippen LogP contribution < -0.4 is 4.74 Å². The van der Waals surface area contributed by atoms with Crippen LogP contribution in [0.15, 0.2) is 182 Å². The fourth-order valence-corrected chi connectivity index (χ4v) is 8.61. The molecule has 1 aliphatic carbocycles. The number of pyridine rings is 2. The average Bonchev–Trinajstić information content (AvgIpc) is 3.55. The summed E-state index contributed by atoms with van der Waals surface area (Å²) < 4.78 is 6.63. The van der Waals surface area contributed by atoms with Crippen molar-refractivity contribution in [1.29, 1.82) is 0 Å². The Morgan fingerprint density at radius 1 is 0.481 bits per heavy atom. The van der Waals surface area contributed by atoms with Crippen molar-refractivity contribution in [1.82, 2.24) is 9.97 Å². The summed E-state index contributed by atoms with van der Waals surface area (Å²) in [6.07, 6.45) is 8.62. The third kappa shape index (κ3) is 4.82. The molecule has 0 bridgehead atoms. The lowest BCUT2D eigenvalue weighted by Gasteiger charge is -2.27. The molecule has 7 aromatic carbocycles. The van der Waals surface area contributed by atoms with Crippen LogP contribution >= 0.6 is 0 Å². The first-order valence-electron chi connectivity index (χ1n) is 18.6. The van der Waals surface area contributed by atoms with E-state index in [-0.39, 0.29) is 11.5 Å². The van der Waals surface area contributed by atoms with Crippen LogP contribution in [0.2, 0.25) is 0 Å². The van der Waals surface area contributed by atoms with Crippen LogP contribution in [-0.4, -0.2) is 15.6 Å². The quantitative estimate of drug-likeness (QED) is 0.172. The molecule has 0 saturated heterocycles. The number of para-hydroxylation sites is 1. The fraction of sp³-hybridized carbons (Fsp3) is 0.0588. The number of hydrogen-bond donors (Lipinski definition) is 0. The Kier molecular flexibility index (Phi) is 6.74. The zero-order valence-corrected chi connectivity index (χ0v) is 29.7. The first-order chi connectivity index (χ1) is 26.6. The second-order valence-electron chi connectivity index (χ2n) is 14.7. The third-order valence-electron chi connectivity index (χ3n) is 11.4. The van der Waals surface area contributed by atoms with Gasteiger partial charge in [-0.05, 0) is 69.4 Å². The van der Waals surface area contributed by atoms with E-state index in [4.69, 9.17) is 14.7 Å². The van der Waals surface area contributed by atoms with Gasteiger partial charge in [-0.2, -0.15) is 0 Å². The number of aromatic nitrogens is 2. The largest absolute Gasteiger partial charge is 0.482 e. The molecule has 0 saturated carbocycles. The maximum Gasteiger partial charge on any atom is 0.135 e. The molecule has 3 heterocycles. The number of fused-ring (bicyclic) bond motifs is 9. The highest BCUT2D eigenvalue weighted by Crippen LogP contribution is 2.51. The minimum Gasteiger partial charge on any atom is -0.482 e. The van der Waals surface area contributed by atoms with E-state index in [2.05, 4.69) is 189 Å². The van der Waals surface area contributed by atoms with E-state index in [9.17, 15) is 0 Å². The predicted molar refractivity (Wildman–Crippen MR) is 224 cm³/mol. The van der Waals surface area contributed by atoms with Crippen molar-refractivity contribution in [2.75, 3.05) is 0 Å². The molecule has 0 radical (unpaired) electrons. The molecule has 2 atom stereocenters. The zero-order valence-electron chi connectivity index (χ0n) is 29.7. The monoisotopic (exact) mass is 690 g/mol. The topological polar surface area (TPSA) is 35.0 Å². The van der Waals surface area contributed by atoms with Crippen LogP contribution in [0.3, 0.4) is 0 Å². The van der Waals surface area contributed by atoms with Crippen LogP contribution in [-0.2, 0) is 0 Å². The molecule has 0 fully saturated rings. The van der Waals surface area contributed by atoms with E-state index in [0.717, 1.165) is 61.2 Å². The van der Waals surface area contributed by atoms with Gasteiger partial charge >= 0.3 is 0 Å². The van der Waals surface area contributed by atoms with Gasteiger partial charge in [0.05, 0.1) is 22.4 Å². The molecule has 0 spiro atoms. The lowest BCUT2D eigenvalue weighted by Crippen LogP contribution is -2.32. The van der Waals surface area contributed by atoms with Crippen LogP contribution in [0.1, 0.15) is 18.4 Å². The second kappa shape index (κ2) is 11.8. The van der Waals surface area contributed by atoms with Gasteiger partial charge in [-0.1, -0.05) is 158 Å². The van der Waals surface area contributed by atoms with Gasteiger partial charge in [0.2, 0.25) is 0 Å². The number of ether oxygens (including phenoxy) is 1. The molecule has 3 nitrogen and oxygen atoms in total. The molecule has 11 rings (SSSR count). The molecule has 254 valence electrons. The van der Waals surface area contributed by atoms with E-state index in [0.29, 0.717) is 0 Å². The van der Waals surface area contributed by atoms with Gasteiger partial charge in [0, 0.05) is 38.9 Å². The number of rotatable bonds is 4. The van der Waals surface area contributed by atoms with E-state index in [1.807, 2.05) is 0 Å². The summed E-state index contributed by atoms with van der Waals surface area (Å²) in [6.45, 7) is 2.17. The normalized spacial score (nSPS) is 17.2. The van der Waals surface area contributed by atoms with Crippen molar-refractivity contribution < 1.29 is 4.74 Å². The van der Waals surface area contributed by atoms with Gasteiger partial charge in [-0.15, -0.1) is 0 Å². The highest BCUT2D eigenvalue weighted by molar-refractivity contribution is 6.13. The van der Waals surface area contributed by atoms with Gasteiger partial charge in [0.1, 0.15) is 11.4 Å². The Hall–Kier alpha value is -6.84. The number of benzene rings is 7. The summed E-state index contributed by atoms with van der Waals surface area (Å²) in [5, 5.41) is 7.20. The predicted octanol–water partition coefficient (Wildman–Crippen LogP) is 13.1. The van der Waals surface area contributed by atoms with Crippen LogP contribution in [0.4, 0.5) is 0 Å². The summed E-state index contributed by atoms with van der Waals surface area (Å²) in [4.78, 5) is 10.5.